The molecule has 0 bridgehead atoms. The molecule has 0 radical (unpaired) electrons. The number of nitrogens with zero attached hydrogens (tertiary/aromatic N) is 3. The van der Waals surface area contributed by atoms with E-state index in [-0.39, 0.29) is 16.9 Å². The molecule has 0 aliphatic heterocycles. The van der Waals surface area contributed by atoms with Gasteiger partial charge in [0.25, 0.3) is 5.91 Å². The molecule has 0 spiro atoms. The highest BCUT2D eigenvalue weighted by molar-refractivity contribution is 5.95. The number of benzene rings is 2. The van der Waals surface area contributed by atoms with Crippen LogP contribution in [0.4, 0.5) is 18.9 Å². The van der Waals surface area contributed by atoms with Crippen molar-refractivity contribution in [3.63, 3.8) is 0 Å². The summed E-state index contributed by atoms with van der Waals surface area (Å²) in [5.74, 6) is -1.96. The van der Waals surface area contributed by atoms with E-state index in [9.17, 15) is 22.8 Å². The van der Waals surface area contributed by atoms with Crippen molar-refractivity contribution >= 4 is 28.5 Å². The summed E-state index contributed by atoms with van der Waals surface area (Å²) in [5, 5.41) is 2.54. The molecule has 0 saturated heterocycles. The number of aromatic nitrogens is 2. The summed E-state index contributed by atoms with van der Waals surface area (Å²) in [7, 11) is 3.23. The van der Waals surface area contributed by atoms with Crippen molar-refractivity contribution in [2.24, 2.45) is 0 Å². The van der Waals surface area contributed by atoms with Gasteiger partial charge in [-0.05, 0) is 36.4 Å². The topological polar surface area (TPSA) is 67.2 Å². The molecule has 2 aromatic carbocycles. The quantitative estimate of drug-likeness (QED) is 0.743. The number of alkyl halides is 3. The lowest BCUT2D eigenvalue weighted by atomic mass is 10.2. The lowest BCUT2D eigenvalue weighted by Crippen LogP contribution is -2.23. The van der Waals surface area contributed by atoms with Crippen LogP contribution in [-0.4, -0.2) is 40.4 Å². The van der Waals surface area contributed by atoms with Gasteiger partial charge in [0.1, 0.15) is 6.54 Å². The summed E-state index contributed by atoms with van der Waals surface area (Å²) in [6.45, 7) is -0.548. The second-order valence-electron chi connectivity index (χ2n) is 6.33. The highest BCUT2D eigenvalue weighted by Crippen LogP contribution is 2.31. The molecule has 3 aromatic rings. The average molecular weight is 390 g/mol. The zero-order valence-electron chi connectivity index (χ0n) is 15.1. The minimum Gasteiger partial charge on any atom is -0.345 e. The van der Waals surface area contributed by atoms with Crippen molar-refractivity contribution in [2.75, 3.05) is 19.4 Å². The number of amides is 2. The Morgan fingerprint density at radius 3 is 2.32 bits per heavy atom. The zero-order valence-corrected chi connectivity index (χ0v) is 15.1. The summed E-state index contributed by atoms with van der Waals surface area (Å²) in [4.78, 5) is 29.2. The number of nitrogens with one attached hydrogen (secondary N) is 1. The first-order valence-corrected chi connectivity index (χ1v) is 8.31. The fourth-order valence-corrected chi connectivity index (χ4v) is 2.75. The van der Waals surface area contributed by atoms with E-state index in [1.165, 1.54) is 41.3 Å². The van der Waals surface area contributed by atoms with Crippen LogP contribution >= 0.6 is 0 Å². The number of fused-ring (bicyclic) bond motifs is 1. The Morgan fingerprint density at radius 1 is 1.07 bits per heavy atom. The van der Waals surface area contributed by atoms with Crippen molar-refractivity contribution in [1.82, 2.24) is 14.5 Å². The van der Waals surface area contributed by atoms with E-state index in [0.717, 1.165) is 4.57 Å². The summed E-state index contributed by atoms with van der Waals surface area (Å²) < 4.78 is 40.7. The molecular weight excluding hydrogens is 373 g/mol. The largest absolute Gasteiger partial charge is 0.449 e. The van der Waals surface area contributed by atoms with Crippen LogP contribution in [0.1, 0.15) is 16.2 Å². The van der Waals surface area contributed by atoms with Gasteiger partial charge in [0.2, 0.25) is 11.7 Å². The van der Waals surface area contributed by atoms with Crippen molar-refractivity contribution in [3.8, 4) is 0 Å². The van der Waals surface area contributed by atoms with Gasteiger partial charge in [0, 0.05) is 25.3 Å². The molecule has 0 aliphatic carbocycles. The third-order valence-corrected chi connectivity index (χ3v) is 4.03. The van der Waals surface area contributed by atoms with Crippen LogP contribution in [0.25, 0.3) is 11.0 Å². The second-order valence-corrected chi connectivity index (χ2v) is 6.33. The predicted octanol–water partition coefficient (Wildman–Crippen LogP) is 3.40. The molecule has 0 fully saturated rings. The molecule has 1 N–H and O–H groups in total. The Balaban J connectivity index is 1.81. The lowest BCUT2D eigenvalue weighted by Gasteiger charge is -2.13. The number of carbonyl (C=O) groups excluding carboxylic acids is 2. The number of para-hydroxylation sites is 2. The molecule has 0 atom stereocenters. The fourth-order valence-electron chi connectivity index (χ4n) is 2.75. The SMILES string of the molecule is CN(C)C(=O)c1ccc(NC(=O)Cn2c(C(F)(F)F)nc3ccccc32)cc1. The molecule has 1 heterocycles. The summed E-state index contributed by atoms with van der Waals surface area (Å²) in [5.41, 5.74) is 1.19. The number of carbonyl (C=O) groups is 2. The monoisotopic (exact) mass is 390 g/mol. The highest BCUT2D eigenvalue weighted by Gasteiger charge is 2.38. The molecule has 1 aromatic heterocycles. The molecule has 0 aliphatic rings. The number of halogens is 3. The van der Waals surface area contributed by atoms with E-state index in [0.29, 0.717) is 11.3 Å². The van der Waals surface area contributed by atoms with Gasteiger partial charge >= 0.3 is 6.18 Å². The predicted molar refractivity (Wildman–Crippen MR) is 97.8 cm³/mol. The van der Waals surface area contributed by atoms with Crippen molar-refractivity contribution in [3.05, 3.63) is 59.9 Å². The normalized spacial score (nSPS) is 11.5. The third kappa shape index (κ3) is 3.98. The first kappa shape index (κ1) is 19.4. The van der Waals surface area contributed by atoms with Gasteiger partial charge in [-0.25, -0.2) is 4.98 Å². The number of hydrogen-bond donors (Lipinski definition) is 1. The molecule has 6 nitrogen and oxygen atoms in total. The van der Waals surface area contributed by atoms with Gasteiger partial charge in [0.05, 0.1) is 11.0 Å². The first-order chi connectivity index (χ1) is 13.2. The van der Waals surface area contributed by atoms with Crippen LogP contribution in [-0.2, 0) is 17.5 Å². The maximum Gasteiger partial charge on any atom is 0.449 e. The third-order valence-electron chi connectivity index (χ3n) is 4.03. The molecule has 0 saturated carbocycles. The van der Waals surface area contributed by atoms with Crippen LogP contribution in [0.5, 0.6) is 0 Å². The van der Waals surface area contributed by atoms with Gasteiger partial charge in [-0.1, -0.05) is 12.1 Å². The van der Waals surface area contributed by atoms with E-state index in [2.05, 4.69) is 10.3 Å². The van der Waals surface area contributed by atoms with Crippen LogP contribution in [0.2, 0.25) is 0 Å². The molecule has 9 heteroatoms. The van der Waals surface area contributed by atoms with Crippen LogP contribution < -0.4 is 5.32 Å². The Labute approximate surface area is 158 Å². The van der Waals surface area contributed by atoms with E-state index in [4.69, 9.17) is 0 Å². The Bertz CT molecular complexity index is 1020. The summed E-state index contributed by atoms with van der Waals surface area (Å²) >= 11 is 0. The molecule has 28 heavy (non-hydrogen) atoms. The molecule has 2 amide bonds. The maximum atomic E-state index is 13.3. The van der Waals surface area contributed by atoms with Crippen molar-refractivity contribution in [2.45, 2.75) is 12.7 Å². The summed E-state index contributed by atoms with van der Waals surface area (Å²) in [6.07, 6.45) is -4.69. The molecule has 0 unspecified atom stereocenters. The van der Waals surface area contributed by atoms with E-state index in [1.807, 2.05) is 0 Å². The smallest absolute Gasteiger partial charge is 0.345 e. The molecule has 146 valence electrons. The lowest BCUT2D eigenvalue weighted by molar-refractivity contribution is -0.147. The standard InChI is InChI=1S/C19H17F3N4O2/c1-25(2)17(28)12-7-9-13(10-8-12)23-16(27)11-26-15-6-4-3-5-14(15)24-18(26)19(20,21)22/h3-10H,11H2,1-2H3,(H,23,27). The first-order valence-electron chi connectivity index (χ1n) is 8.31. The fraction of sp³-hybridized carbons (Fsp3) is 0.211. The van der Waals surface area contributed by atoms with Gasteiger partial charge in [-0.15, -0.1) is 0 Å². The van der Waals surface area contributed by atoms with Crippen molar-refractivity contribution in [1.29, 1.82) is 0 Å². The zero-order chi connectivity index (χ0) is 20.5. The number of imidazole rings is 1. The highest BCUT2D eigenvalue weighted by atomic mass is 19.4. The van der Waals surface area contributed by atoms with Gasteiger partial charge in [-0.3, -0.25) is 9.59 Å². The average Bonchev–Trinajstić information content (AvgIpc) is 3.00. The second kappa shape index (κ2) is 7.34. The number of anilines is 1. The number of rotatable bonds is 4. The van der Waals surface area contributed by atoms with Crippen LogP contribution in [0.15, 0.2) is 48.5 Å². The van der Waals surface area contributed by atoms with Crippen molar-refractivity contribution < 1.29 is 22.8 Å². The van der Waals surface area contributed by atoms with E-state index < -0.39 is 24.5 Å². The van der Waals surface area contributed by atoms with Gasteiger partial charge in [-0.2, -0.15) is 13.2 Å². The van der Waals surface area contributed by atoms with E-state index in [1.54, 1.807) is 26.2 Å². The molecular formula is C19H17F3N4O2. The van der Waals surface area contributed by atoms with Gasteiger partial charge < -0.3 is 14.8 Å². The Hall–Kier alpha value is -3.36. The minimum atomic E-state index is -4.69. The van der Waals surface area contributed by atoms with E-state index >= 15 is 0 Å². The van der Waals surface area contributed by atoms with Crippen LogP contribution in [0, 0.1) is 0 Å². The summed E-state index contributed by atoms with van der Waals surface area (Å²) in [6, 6.07) is 12.2. The number of hydrogen-bond acceptors (Lipinski definition) is 3. The minimum absolute atomic E-state index is 0.161. The molecule has 3 rings (SSSR count). The maximum absolute atomic E-state index is 13.3. The van der Waals surface area contributed by atoms with Crippen LogP contribution in [0.3, 0.4) is 0 Å². The Kier molecular flexibility index (Phi) is 5.08. The Morgan fingerprint density at radius 2 is 1.71 bits per heavy atom. The van der Waals surface area contributed by atoms with Gasteiger partial charge in [0.15, 0.2) is 0 Å².